The Morgan fingerprint density at radius 3 is 2.43 bits per heavy atom. The van der Waals surface area contributed by atoms with Crippen LogP contribution in [0.4, 0.5) is 9.93 Å². The lowest BCUT2D eigenvalue weighted by molar-refractivity contribution is 0.0391. The Kier molecular flexibility index (Phi) is 10.0. The molecule has 2 aliphatic heterocycles. The van der Waals surface area contributed by atoms with E-state index in [1.165, 1.54) is 32.7 Å². The van der Waals surface area contributed by atoms with Crippen molar-refractivity contribution < 1.29 is 27.5 Å². The molecular weight excluding hydrogens is 599 g/mol. The van der Waals surface area contributed by atoms with E-state index in [1.54, 1.807) is 35.7 Å². The number of piperazine rings is 1. The predicted molar refractivity (Wildman–Crippen MR) is 164 cm³/mol. The summed E-state index contributed by atoms with van der Waals surface area (Å²) in [5, 5.41) is 0.612. The van der Waals surface area contributed by atoms with Gasteiger partial charge >= 0.3 is 6.09 Å². The molecule has 0 N–H and O–H groups in total. The van der Waals surface area contributed by atoms with Gasteiger partial charge in [0, 0.05) is 62.8 Å². The molecule has 2 saturated heterocycles. The highest BCUT2D eigenvalue weighted by molar-refractivity contribution is 7.98. The average molecular weight is 634 g/mol. The number of hydrogen-bond donors (Lipinski definition) is 0. The molecule has 2 fully saturated rings. The summed E-state index contributed by atoms with van der Waals surface area (Å²) in [4.78, 5) is 37.4. The monoisotopic (exact) mass is 633 g/mol. The maximum Gasteiger partial charge on any atom is 0.409 e. The number of sulfonamides is 1. The second-order valence-corrected chi connectivity index (χ2v) is 13.6. The maximum atomic E-state index is 13.9. The number of benzene rings is 2. The molecule has 2 amide bonds. The minimum atomic E-state index is -3.79. The van der Waals surface area contributed by atoms with E-state index in [2.05, 4.69) is 4.90 Å². The molecule has 2 aromatic carbocycles. The van der Waals surface area contributed by atoms with Crippen LogP contribution in [0.5, 0.6) is 0 Å². The van der Waals surface area contributed by atoms with Crippen LogP contribution < -0.4 is 4.90 Å². The third-order valence-corrected chi connectivity index (χ3v) is 11.0. The summed E-state index contributed by atoms with van der Waals surface area (Å²) in [5.41, 5.74) is 1.26. The Morgan fingerprint density at radius 1 is 1.05 bits per heavy atom. The minimum Gasteiger partial charge on any atom is -0.450 e. The van der Waals surface area contributed by atoms with Crippen molar-refractivity contribution in [2.75, 3.05) is 83.3 Å². The second-order valence-electron chi connectivity index (χ2n) is 9.83. The van der Waals surface area contributed by atoms with Gasteiger partial charge in [-0.25, -0.2) is 18.2 Å². The highest BCUT2D eigenvalue weighted by Gasteiger charge is 2.31. The molecule has 11 nitrogen and oxygen atoms in total. The van der Waals surface area contributed by atoms with E-state index in [4.69, 9.17) is 14.5 Å². The van der Waals surface area contributed by atoms with Gasteiger partial charge in [-0.2, -0.15) is 4.31 Å². The van der Waals surface area contributed by atoms with Crippen molar-refractivity contribution in [3.8, 4) is 0 Å². The highest BCUT2D eigenvalue weighted by atomic mass is 32.2. The van der Waals surface area contributed by atoms with Gasteiger partial charge in [-0.05, 0) is 49.6 Å². The van der Waals surface area contributed by atoms with Crippen LogP contribution in [-0.2, 0) is 19.5 Å². The number of carbonyl (C=O) groups is 2. The summed E-state index contributed by atoms with van der Waals surface area (Å²) in [5.74, 6) is -0.236. The first-order valence-corrected chi connectivity index (χ1v) is 17.4. The number of nitrogens with zero attached hydrogens (tertiary/aromatic N) is 5. The third-order valence-electron chi connectivity index (χ3n) is 7.31. The molecule has 0 radical (unpaired) electrons. The lowest BCUT2D eigenvalue weighted by Gasteiger charge is -2.33. The Morgan fingerprint density at radius 2 is 1.76 bits per heavy atom. The number of fused-ring (bicyclic) bond motifs is 1. The number of anilines is 1. The van der Waals surface area contributed by atoms with Crippen molar-refractivity contribution in [3.05, 3.63) is 48.0 Å². The first-order chi connectivity index (χ1) is 20.3. The molecule has 1 aromatic heterocycles. The van der Waals surface area contributed by atoms with E-state index >= 15 is 0 Å². The van der Waals surface area contributed by atoms with Crippen LogP contribution in [-0.4, -0.2) is 118 Å². The van der Waals surface area contributed by atoms with E-state index in [0.717, 1.165) is 28.2 Å². The number of rotatable bonds is 9. The van der Waals surface area contributed by atoms with E-state index in [0.29, 0.717) is 37.0 Å². The Labute approximate surface area is 254 Å². The van der Waals surface area contributed by atoms with Crippen LogP contribution in [0.25, 0.3) is 10.2 Å². The fourth-order valence-electron chi connectivity index (χ4n) is 4.94. The summed E-state index contributed by atoms with van der Waals surface area (Å²) in [6, 6.07) is 12.1. The molecule has 0 saturated carbocycles. The molecule has 0 aliphatic carbocycles. The standard InChI is InChI=1S/C28H35N5O6S3/c1-3-39-28(35)31-12-14-32(15-13-31)42(36,37)22-9-7-21(8-10-22)26(34)33(16-11-30-17-19-38-20-18-30)27-29-25-23(40-2)5-4-6-24(25)41-27/h4-10H,3,11-20H2,1-2H3. The number of hydrogen-bond acceptors (Lipinski definition) is 10. The van der Waals surface area contributed by atoms with E-state index in [1.807, 2.05) is 24.5 Å². The Balaban J connectivity index is 1.34. The number of ether oxygens (including phenoxy) is 2. The zero-order valence-electron chi connectivity index (χ0n) is 23.7. The van der Waals surface area contributed by atoms with Gasteiger partial charge in [-0.1, -0.05) is 17.4 Å². The largest absolute Gasteiger partial charge is 0.450 e. The first kappa shape index (κ1) is 30.7. The predicted octanol–water partition coefficient (Wildman–Crippen LogP) is 3.46. The number of para-hydroxylation sites is 1. The number of aromatic nitrogens is 1. The molecule has 14 heteroatoms. The SMILES string of the molecule is CCOC(=O)N1CCN(S(=O)(=O)c2ccc(C(=O)N(CCN3CCOCC3)c3nc4c(SC)cccc4s3)cc2)CC1. The number of thiazole rings is 1. The van der Waals surface area contributed by atoms with Crippen molar-refractivity contribution in [1.29, 1.82) is 0 Å². The molecular formula is C28H35N5O6S3. The summed E-state index contributed by atoms with van der Waals surface area (Å²) >= 11 is 3.09. The molecule has 0 bridgehead atoms. The van der Waals surface area contributed by atoms with Crippen LogP contribution >= 0.6 is 23.1 Å². The molecule has 2 aliphatic rings. The van der Waals surface area contributed by atoms with Gasteiger partial charge in [0.25, 0.3) is 5.91 Å². The van der Waals surface area contributed by atoms with Crippen molar-refractivity contribution in [1.82, 2.24) is 19.1 Å². The molecule has 3 heterocycles. The van der Waals surface area contributed by atoms with Gasteiger partial charge in [0.05, 0.1) is 34.9 Å². The third kappa shape index (κ3) is 6.74. The zero-order chi connectivity index (χ0) is 29.7. The summed E-state index contributed by atoms with van der Waals surface area (Å²) in [6.45, 7) is 6.92. The molecule has 3 aromatic rings. The minimum absolute atomic E-state index is 0.105. The van der Waals surface area contributed by atoms with Gasteiger partial charge < -0.3 is 14.4 Å². The van der Waals surface area contributed by atoms with Gasteiger partial charge in [0.2, 0.25) is 10.0 Å². The fraction of sp³-hybridized carbons (Fsp3) is 0.464. The zero-order valence-corrected chi connectivity index (χ0v) is 26.2. The summed E-state index contributed by atoms with van der Waals surface area (Å²) in [7, 11) is -3.79. The molecule has 42 heavy (non-hydrogen) atoms. The van der Waals surface area contributed by atoms with Crippen LogP contribution in [0.1, 0.15) is 17.3 Å². The first-order valence-electron chi connectivity index (χ1n) is 13.9. The summed E-state index contributed by atoms with van der Waals surface area (Å²) in [6.07, 6.45) is 1.57. The number of thioether (sulfide) groups is 1. The van der Waals surface area contributed by atoms with Crippen molar-refractivity contribution in [2.24, 2.45) is 0 Å². The normalized spacial score (nSPS) is 17.0. The average Bonchev–Trinajstić information content (AvgIpc) is 3.46. The van der Waals surface area contributed by atoms with Crippen molar-refractivity contribution >= 4 is 60.5 Å². The number of morpholine rings is 1. The lowest BCUT2D eigenvalue weighted by atomic mass is 10.2. The van der Waals surface area contributed by atoms with E-state index < -0.39 is 16.1 Å². The topological polar surface area (TPSA) is 113 Å². The molecule has 5 rings (SSSR count). The number of carbonyl (C=O) groups excluding carboxylic acids is 2. The Hall–Kier alpha value is -2.75. The Bertz CT molecular complexity index is 1500. The fourth-order valence-corrected chi connectivity index (χ4v) is 8.01. The van der Waals surface area contributed by atoms with Gasteiger partial charge in [-0.15, -0.1) is 11.8 Å². The second kappa shape index (κ2) is 13.7. The van der Waals surface area contributed by atoms with E-state index in [-0.39, 0.29) is 43.6 Å². The number of amides is 2. The van der Waals surface area contributed by atoms with Crippen LogP contribution in [0.3, 0.4) is 0 Å². The quantitative estimate of drug-likeness (QED) is 0.327. The molecule has 0 unspecified atom stereocenters. The van der Waals surface area contributed by atoms with Crippen molar-refractivity contribution in [2.45, 2.75) is 16.7 Å². The van der Waals surface area contributed by atoms with Gasteiger partial charge in [-0.3, -0.25) is 14.6 Å². The molecule has 0 spiro atoms. The summed E-state index contributed by atoms with van der Waals surface area (Å²) < 4.78 is 39.5. The van der Waals surface area contributed by atoms with Crippen LogP contribution in [0, 0.1) is 0 Å². The van der Waals surface area contributed by atoms with Crippen molar-refractivity contribution in [3.63, 3.8) is 0 Å². The van der Waals surface area contributed by atoms with Crippen LogP contribution in [0.2, 0.25) is 0 Å². The van der Waals surface area contributed by atoms with Gasteiger partial charge in [0.15, 0.2) is 5.13 Å². The highest BCUT2D eigenvalue weighted by Crippen LogP contribution is 2.34. The smallest absolute Gasteiger partial charge is 0.409 e. The van der Waals surface area contributed by atoms with Crippen LogP contribution in [0.15, 0.2) is 52.3 Å². The maximum absolute atomic E-state index is 13.9. The van der Waals surface area contributed by atoms with E-state index in [9.17, 15) is 18.0 Å². The molecule has 0 atom stereocenters. The lowest BCUT2D eigenvalue weighted by Crippen LogP contribution is -2.50. The molecule has 226 valence electrons. The van der Waals surface area contributed by atoms with Gasteiger partial charge in [0.1, 0.15) is 0 Å².